The fraction of sp³-hybridized carbons (Fsp3) is 0.333. The fourth-order valence-corrected chi connectivity index (χ4v) is 4.31. The van der Waals surface area contributed by atoms with Gasteiger partial charge in [-0.25, -0.2) is 22.0 Å². The van der Waals surface area contributed by atoms with E-state index >= 15 is 0 Å². The van der Waals surface area contributed by atoms with Gasteiger partial charge in [0.1, 0.15) is 6.61 Å². The van der Waals surface area contributed by atoms with Crippen LogP contribution in [0.15, 0.2) is 48.5 Å². The minimum absolute atomic E-state index is 0.0465. The lowest BCUT2D eigenvalue weighted by atomic mass is 9.88. The molecule has 186 valence electrons. The molecule has 3 unspecified atom stereocenters. The first-order valence-electron chi connectivity index (χ1n) is 11.5. The highest BCUT2D eigenvalue weighted by molar-refractivity contribution is 5.65. The summed E-state index contributed by atoms with van der Waals surface area (Å²) >= 11 is 0. The van der Waals surface area contributed by atoms with E-state index in [9.17, 15) is 22.0 Å². The molecule has 3 nitrogen and oxygen atoms in total. The molecule has 0 radical (unpaired) electrons. The summed E-state index contributed by atoms with van der Waals surface area (Å²) in [5.41, 5.74) is 7.90. The second-order valence-electron chi connectivity index (χ2n) is 8.78. The second kappa shape index (κ2) is 10.7. The van der Waals surface area contributed by atoms with E-state index in [0.717, 1.165) is 37.0 Å². The van der Waals surface area contributed by atoms with Crippen molar-refractivity contribution in [2.75, 3.05) is 6.61 Å². The van der Waals surface area contributed by atoms with E-state index in [-0.39, 0.29) is 17.7 Å². The lowest BCUT2D eigenvalue weighted by molar-refractivity contribution is -0.0240. The van der Waals surface area contributed by atoms with Crippen molar-refractivity contribution >= 4 is 0 Å². The molecule has 8 heteroatoms. The maximum absolute atomic E-state index is 14.6. The van der Waals surface area contributed by atoms with Crippen LogP contribution in [0.25, 0.3) is 11.1 Å². The predicted molar refractivity (Wildman–Crippen MR) is 122 cm³/mol. The van der Waals surface area contributed by atoms with Crippen molar-refractivity contribution in [3.05, 3.63) is 88.7 Å². The molecule has 1 aliphatic rings. The molecule has 1 aliphatic heterocycles. The van der Waals surface area contributed by atoms with Gasteiger partial charge >= 0.3 is 0 Å². The topological polar surface area (TPSA) is 44.5 Å². The minimum Gasteiger partial charge on any atom is -0.483 e. The Hall–Kier alpha value is -2.97. The van der Waals surface area contributed by atoms with Gasteiger partial charge in [0.25, 0.3) is 0 Å². The summed E-state index contributed by atoms with van der Waals surface area (Å²) in [7, 11) is 0. The van der Waals surface area contributed by atoms with Gasteiger partial charge in [-0.1, -0.05) is 31.2 Å². The fourth-order valence-electron chi connectivity index (χ4n) is 4.31. The van der Waals surface area contributed by atoms with Crippen molar-refractivity contribution in [1.82, 2.24) is 0 Å². The Morgan fingerprint density at radius 1 is 0.886 bits per heavy atom. The van der Waals surface area contributed by atoms with Crippen LogP contribution >= 0.6 is 0 Å². The van der Waals surface area contributed by atoms with Gasteiger partial charge < -0.3 is 15.2 Å². The van der Waals surface area contributed by atoms with E-state index in [1.54, 1.807) is 12.1 Å². The molecule has 0 spiro atoms. The van der Waals surface area contributed by atoms with Gasteiger partial charge in [-0.2, -0.15) is 0 Å². The third-order valence-corrected chi connectivity index (χ3v) is 6.43. The summed E-state index contributed by atoms with van der Waals surface area (Å²) < 4.78 is 80.1. The lowest BCUT2D eigenvalue weighted by Gasteiger charge is -2.32. The first kappa shape index (κ1) is 25.1. The van der Waals surface area contributed by atoms with Crippen molar-refractivity contribution < 1.29 is 31.4 Å². The highest BCUT2D eigenvalue weighted by atomic mass is 19.2. The standard InChI is InChI=1S/C27H26F5NO2/c1-2-24(33)18-7-8-25(34-14-18)17-5-3-16(4-6-17)19-11-22(30)27(23(31)12-19)35-13-15-9-20(28)26(32)21(29)10-15/h3-6,9-12,18,24-25H,2,7-8,13-14,33H2,1H3. The van der Waals surface area contributed by atoms with Crippen LogP contribution in [0.1, 0.15) is 43.4 Å². The Kier molecular flexibility index (Phi) is 7.72. The number of benzene rings is 3. The molecule has 2 N–H and O–H groups in total. The molecule has 0 saturated carbocycles. The van der Waals surface area contributed by atoms with Crippen LogP contribution in [0.5, 0.6) is 5.75 Å². The Morgan fingerprint density at radius 3 is 2.06 bits per heavy atom. The van der Waals surface area contributed by atoms with Crippen molar-refractivity contribution in [2.45, 2.75) is 44.9 Å². The zero-order valence-corrected chi connectivity index (χ0v) is 19.2. The third kappa shape index (κ3) is 5.65. The maximum Gasteiger partial charge on any atom is 0.194 e. The summed E-state index contributed by atoms with van der Waals surface area (Å²) in [6.45, 7) is 2.13. The van der Waals surface area contributed by atoms with Crippen LogP contribution in [0.3, 0.4) is 0 Å². The van der Waals surface area contributed by atoms with Crippen molar-refractivity contribution in [3.8, 4) is 16.9 Å². The van der Waals surface area contributed by atoms with E-state index in [1.807, 2.05) is 12.1 Å². The number of hydrogen-bond acceptors (Lipinski definition) is 3. The molecular formula is C27H26F5NO2. The molecule has 1 fully saturated rings. The van der Waals surface area contributed by atoms with E-state index < -0.39 is 41.4 Å². The summed E-state index contributed by atoms with van der Waals surface area (Å²) in [6, 6.07) is 11.1. The van der Waals surface area contributed by atoms with Crippen LogP contribution < -0.4 is 10.5 Å². The van der Waals surface area contributed by atoms with Gasteiger partial charge in [-0.15, -0.1) is 0 Å². The monoisotopic (exact) mass is 491 g/mol. The molecule has 0 aromatic heterocycles. The maximum atomic E-state index is 14.6. The first-order chi connectivity index (χ1) is 16.8. The van der Waals surface area contributed by atoms with Gasteiger partial charge in [-0.3, -0.25) is 0 Å². The summed E-state index contributed by atoms with van der Waals surface area (Å²) in [6.07, 6.45) is 2.70. The molecule has 3 aromatic rings. The molecule has 0 bridgehead atoms. The number of hydrogen-bond donors (Lipinski definition) is 1. The summed E-state index contributed by atoms with van der Waals surface area (Å²) in [5, 5.41) is 0. The molecule has 4 rings (SSSR count). The Balaban J connectivity index is 1.44. The van der Waals surface area contributed by atoms with E-state index in [4.69, 9.17) is 15.2 Å². The largest absolute Gasteiger partial charge is 0.483 e. The van der Waals surface area contributed by atoms with Crippen LogP contribution in [-0.4, -0.2) is 12.6 Å². The zero-order valence-electron chi connectivity index (χ0n) is 19.2. The number of nitrogens with two attached hydrogens (primary N) is 1. The molecule has 0 amide bonds. The van der Waals surface area contributed by atoms with Crippen molar-refractivity contribution in [2.24, 2.45) is 11.7 Å². The minimum atomic E-state index is -1.62. The van der Waals surface area contributed by atoms with E-state index in [1.165, 1.54) is 0 Å². The van der Waals surface area contributed by atoms with Crippen LogP contribution in [0, 0.1) is 35.0 Å². The second-order valence-corrected chi connectivity index (χ2v) is 8.78. The quantitative estimate of drug-likeness (QED) is 0.291. The van der Waals surface area contributed by atoms with Gasteiger partial charge in [0.2, 0.25) is 0 Å². The normalized spacial score (nSPS) is 18.9. The Morgan fingerprint density at radius 2 is 1.51 bits per heavy atom. The van der Waals surface area contributed by atoms with E-state index in [0.29, 0.717) is 35.8 Å². The smallest absolute Gasteiger partial charge is 0.194 e. The summed E-state index contributed by atoms with van der Waals surface area (Å²) in [5.74, 6) is -6.73. The molecule has 3 atom stereocenters. The van der Waals surface area contributed by atoms with Gasteiger partial charge in [0.05, 0.1) is 12.7 Å². The van der Waals surface area contributed by atoms with Crippen LogP contribution in [0.2, 0.25) is 0 Å². The Labute approximate surface area is 200 Å². The van der Waals surface area contributed by atoms with Crippen molar-refractivity contribution in [1.29, 1.82) is 0 Å². The highest BCUT2D eigenvalue weighted by Crippen LogP contribution is 2.34. The number of halogens is 5. The number of ether oxygens (including phenoxy) is 2. The van der Waals surface area contributed by atoms with Crippen LogP contribution in [0.4, 0.5) is 22.0 Å². The van der Waals surface area contributed by atoms with Crippen molar-refractivity contribution in [3.63, 3.8) is 0 Å². The van der Waals surface area contributed by atoms with Gasteiger partial charge in [0.15, 0.2) is 34.8 Å². The average molecular weight is 492 g/mol. The SMILES string of the molecule is CCC(N)C1CCC(c2ccc(-c3cc(F)c(OCc4cc(F)c(F)c(F)c4)c(F)c3)cc2)OC1. The van der Waals surface area contributed by atoms with Gasteiger partial charge in [0, 0.05) is 6.04 Å². The molecule has 35 heavy (non-hydrogen) atoms. The first-order valence-corrected chi connectivity index (χ1v) is 11.5. The molecule has 3 aromatic carbocycles. The molecular weight excluding hydrogens is 465 g/mol. The summed E-state index contributed by atoms with van der Waals surface area (Å²) in [4.78, 5) is 0. The highest BCUT2D eigenvalue weighted by Gasteiger charge is 2.26. The Bertz CT molecular complexity index is 1130. The van der Waals surface area contributed by atoms with Crippen LogP contribution in [-0.2, 0) is 11.3 Å². The molecule has 0 aliphatic carbocycles. The van der Waals surface area contributed by atoms with Gasteiger partial charge in [-0.05, 0) is 71.7 Å². The zero-order chi connectivity index (χ0) is 25.1. The molecule has 1 heterocycles. The average Bonchev–Trinajstić information content (AvgIpc) is 2.86. The molecule has 1 saturated heterocycles. The lowest BCUT2D eigenvalue weighted by Crippen LogP contribution is -2.35. The predicted octanol–water partition coefficient (Wildman–Crippen LogP) is 6.83. The third-order valence-electron chi connectivity index (χ3n) is 6.43. The van der Waals surface area contributed by atoms with E-state index in [2.05, 4.69) is 6.92 Å². The number of rotatable bonds is 7.